The molecule has 2 rings (SSSR count). The van der Waals surface area contributed by atoms with E-state index in [4.69, 9.17) is 5.11 Å². The molecule has 1 aliphatic rings. The van der Waals surface area contributed by atoms with Crippen LogP contribution in [0.3, 0.4) is 0 Å². The first-order valence-corrected chi connectivity index (χ1v) is 6.37. The van der Waals surface area contributed by atoms with Gasteiger partial charge >= 0.3 is 5.97 Å². The van der Waals surface area contributed by atoms with Crippen LogP contribution in [-0.2, 0) is 0 Å². The Hall–Kier alpha value is -1.59. The largest absolute Gasteiger partial charge is 0.478 e. The summed E-state index contributed by atoms with van der Waals surface area (Å²) in [6, 6.07) is 0. The van der Waals surface area contributed by atoms with E-state index in [1.165, 1.54) is 0 Å². The molecule has 1 saturated carbocycles. The fourth-order valence-corrected chi connectivity index (χ4v) is 2.46. The molecule has 6 heteroatoms. The second-order valence-corrected chi connectivity index (χ2v) is 5.09. The molecular weight excluding hydrogens is 254 g/mol. The van der Waals surface area contributed by atoms with Crippen LogP contribution in [0.5, 0.6) is 0 Å². The minimum atomic E-state index is -2.89. The molecule has 1 fully saturated rings. The van der Waals surface area contributed by atoms with E-state index in [2.05, 4.69) is 16.9 Å². The molecule has 4 nitrogen and oxygen atoms in total. The van der Waals surface area contributed by atoms with Gasteiger partial charge in [0, 0.05) is 12.1 Å². The zero-order valence-corrected chi connectivity index (χ0v) is 10.6. The van der Waals surface area contributed by atoms with Crippen LogP contribution in [0, 0.1) is 5.92 Å². The molecule has 1 heterocycles. The highest BCUT2D eigenvalue weighted by atomic mass is 19.3. The standard InChI is InChI=1S/C13H16F2N2O2/c1-7-2-4-8(5-3-7)12-16-6-9(13(18)19)10(17-12)11(14)15/h6-8,11H,2-5H2,1H3,(H,18,19). The summed E-state index contributed by atoms with van der Waals surface area (Å²) >= 11 is 0. The number of aromatic nitrogens is 2. The monoisotopic (exact) mass is 270 g/mol. The van der Waals surface area contributed by atoms with Gasteiger partial charge in [-0.15, -0.1) is 0 Å². The fourth-order valence-electron chi connectivity index (χ4n) is 2.46. The predicted octanol–water partition coefficient (Wildman–Crippen LogP) is 3.41. The minimum absolute atomic E-state index is 0.0662. The summed E-state index contributed by atoms with van der Waals surface area (Å²) in [5, 5.41) is 8.84. The van der Waals surface area contributed by atoms with Crippen molar-refractivity contribution in [2.75, 3.05) is 0 Å². The number of nitrogens with zero attached hydrogens (tertiary/aromatic N) is 2. The van der Waals surface area contributed by atoms with Gasteiger partial charge in [0.25, 0.3) is 6.43 Å². The van der Waals surface area contributed by atoms with Crippen molar-refractivity contribution in [3.63, 3.8) is 0 Å². The van der Waals surface area contributed by atoms with Crippen molar-refractivity contribution in [2.24, 2.45) is 5.92 Å². The van der Waals surface area contributed by atoms with Crippen molar-refractivity contribution >= 4 is 5.97 Å². The molecule has 1 aromatic heterocycles. The molecule has 0 aromatic carbocycles. The third-order valence-corrected chi connectivity index (χ3v) is 3.65. The molecule has 0 radical (unpaired) electrons. The van der Waals surface area contributed by atoms with Gasteiger partial charge < -0.3 is 5.11 Å². The summed E-state index contributed by atoms with van der Waals surface area (Å²) in [4.78, 5) is 18.6. The van der Waals surface area contributed by atoms with Crippen molar-refractivity contribution in [1.82, 2.24) is 9.97 Å². The molecule has 0 amide bonds. The number of halogens is 2. The number of aromatic carboxylic acids is 1. The Balaban J connectivity index is 2.28. The molecule has 0 atom stereocenters. The summed E-state index contributed by atoms with van der Waals surface area (Å²) in [6.45, 7) is 2.16. The second-order valence-electron chi connectivity index (χ2n) is 5.09. The number of hydrogen-bond donors (Lipinski definition) is 1. The lowest BCUT2D eigenvalue weighted by Gasteiger charge is -2.25. The SMILES string of the molecule is CC1CCC(c2ncc(C(=O)O)c(C(F)F)n2)CC1. The van der Waals surface area contributed by atoms with E-state index in [1.807, 2.05) is 0 Å². The molecule has 1 N–H and O–H groups in total. The van der Waals surface area contributed by atoms with Gasteiger partial charge in [0.2, 0.25) is 0 Å². The molecule has 0 aliphatic heterocycles. The summed E-state index contributed by atoms with van der Waals surface area (Å²) < 4.78 is 25.7. The maximum absolute atomic E-state index is 12.8. The van der Waals surface area contributed by atoms with E-state index in [0.717, 1.165) is 31.9 Å². The van der Waals surface area contributed by atoms with Crippen molar-refractivity contribution < 1.29 is 18.7 Å². The highest BCUT2D eigenvalue weighted by molar-refractivity contribution is 5.88. The lowest BCUT2D eigenvalue weighted by atomic mass is 9.82. The van der Waals surface area contributed by atoms with Gasteiger partial charge in [-0.25, -0.2) is 23.5 Å². The van der Waals surface area contributed by atoms with Crippen LogP contribution < -0.4 is 0 Å². The number of rotatable bonds is 3. The maximum atomic E-state index is 12.8. The van der Waals surface area contributed by atoms with Crippen LogP contribution in [0.2, 0.25) is 0 Å². The van der Waals surface area contributed by atoms with Crippen molar-refractivity contribution in [3.05, 3.63) is 23.3 Å². The maximum Gasteiger partial charge on any atom is 0.339 e. The van der Waals surface area contributed by atoms with Crippen molar-refractivity contribution in [2.45, 2.75) is 45.0 Å². The first-order valence-electron chi connectivity index (χ1n) is 6.37. The fraction of sp³-hybridized carbons (Fsp3) is 0.615. The number of carboxylic acids is 1. The van der Waals surface area contributed by atoms with E-state index in [0.29, 0.717) is 11.7 Å². The molecule has 104 valence electrons. The highest BCUT2D eigenvalue weighted by Crippen LogP contribution is 2.34. The van der Waals surface area contributed by atoms with Crippen LogP contribution >= 0.6 is 0 Å². The molecule has 19 heavy (non-hydrogen) atoms. The predicted molar refractivity (Wildman–Crippen MR) is 64.3 cm³/mol. The van der Waals surface area contributed by atoms with Crippen LogP contribution in [-0.4, -0.2) is 21.0 Å². The van der Waals surface area contributed by atoms with E-state index < -0.39 is 23.7 Å². The first kappa shape index (κ1) is 13.8. The molecule has 1 aromatic rings. The lowest BCUT2D eigenvalue weighted by Crippen LogP contribution is -2.16. The number of hydrogen-bond acceptors (Lipinski definition) is 3. The summed E-state index contributed by atoms with van der Waals surface area (Å²) in [5.41, 5.74) is -1.18. The molecular formula is C13H16F2N2O2. The Morgan fingerprint density at radius 1 is 1.37 bits per heavy atom. The normalized spacial score (nSPS) is 23.6. The Bertz CT molecular complexity index is 472. The van der Waals surface area contributed by atoms with Crippen LogP contribution in [0.1, 0.15) is 66.8 Å². The Morgan fingerprint density at radius 3 is 2.53 bits per heavy atom. The molecule has 1 aliphatic carbocycles. The van der Waals surface area contributed by atoms with Gasteiger partial charge in [0.15, 0.2) is 0 Å². The van der Waals surface area contributed by atoms with Gasteiger partial charge in [-0.05, 0) is 18.8 Å². The zero-order chi connectivity index (χ0) is 14.0. The lowest BCUT2D eigenvalue weighted by molar-refractivity contribution is 0.0681. The Kier molecular flexibility index (Phi) is 4.07. The van der Waals surface area contributed by atoms with Crippen LogP contribution in [0.4, 0.5) is 8.78 Å². The number of carboxylic acid groups (broad SMARTS) is 1. The van der Waals surface area contributed by atoms with Crippen LogP contribution in [0.25, 0.3) is 0 Å². The van der Waals surface area contributed by atoms with Crippen molar-refractivity contribution in [1.29, 1.82) is 0 Å². The summed E-state index contributed by atoms with van der Waals surface area (Å²) in [6.07, 6.45) is 1.91. The van der Waals surface area contributed by atoms with Gasteiger partial charge in [0.1, 0.15) is 17.1 Å². The Labute approximate surface area is 109 Å². The van der Waals surface area contributed by atoms with Gasteiger partial charge in [-0.3, -0.25) is 0 Å². The van der Waals surface area contributed by atoms with Gasteiger partial charge in [-0.1, -0.05) is 19.8 Å². The van der Waals surface area contributed by atoms with E-state index in [9.17, 15) is 13.6 Å². The number of carbonyl (C=O) groups is 1. The third kappa shape index (κ3) is 3.05. The molecule has 0 spiro atoms. The average Bonchev–Trinajstić information content (AvgIpc) is 2.38. The smallest absolute Gasteiger partial charge is 0.339 e. The van der Waals surface area contributed by atoms with Gasteiger partial charge in [0.05, 0.1) is 0 Å². The summed E-state index contributed by atoms with van der Waals surface area (Å²) in [5.74, 6) is -0.355. The summed E-state index contributed by atoms with van der Waals surface area (Å²) in [7, 11) is 0. The molecule has 0 bridgehead atoms. The van der Waals surface area contributed by atoms with Crippen LogP contribution in [0.15, 0.2) is 6.20 Å². The van der Waals surface area contributed by atoms with E-state index >= 15 is 0 Å². The van der Waals surface area contributed by atoms with E-state index in [-0.39, 0.29) is 5.92 Å². The minimum Gasteiger partial charge on any atom is -0.478 e. The second kappa shape index (κ2) is 5.59. The van der Waals surface area contributed by atoms with Crippen molar-refractivity contribution in [3.8, 4) is 0 Å². The average molecular weight is 270 g/mol. The Morgan fingerprint density at radius 2 is 2.00 bits per heavy atom. The van der Waals surface area contributed by atoms with Gasteiger partial charge in [-0.2, -0.15) is 0 Å². The highest BCUT2D eigenvalue weighted by Gasteiger charge is 2.26. The quantitative estimate of drug-likeness (QED) is 0.914. The molecule has 0 unspecified atom stereocenters. The van der Waals surface area contributed by atoms with E-state index in [1.54, 1.807) is 0 Å². The zero-order valence-electron chi connectivity index (χ0n) is 10.6. The topological polar surface area (TPSA) is 63.1 Å². The molecule has 0 saturated heterocycles. The third-order valence-electron chi connectivity index (χ3n) is 3.65. The first-order chi connectivity index (χ1) is 8.99. The number of alkyl halides is 2.